The number of hydrogen-bond donors (Lipinski definition) is 4. The Hall–Kier alpha value is -1.59. The summed E-state index contributed by atoms with van der Waals surface area (Å²) in [7, 11) is 0. The largest absolute Gasteiger partial charge is 0.409 e. The van der Waals surface area contributed by atoms with Gasteiger partial charge in [0.25, 0.3) is 0 Å². The van der Waals surface area contributed by atoms with Gasteiger partial charge in [0.05, 0.1) is 6.10 Å². The van der Waals surface area contributed by atoms with Crippen LogP contribution in [0.3, 0.4) is 0 Å². The molecule has 104 valence electrons. The van der Waals surface area contributed by atoms with Gasteiger partial charge in [0.15, 0.2) is 5.84 Å². The normalized spacial score (nSPS) is 25.9. The number of benzene rings is 1. The molecule has 2 rings (SSSR count). The molecule has 0 saturated heterocycles. The second kappa shape index (κ2) is 5.19. The number of aliphatic hydroxyl groups is 1. The summed E-state index contributed by atoms with van der Waals surface area (Å²) in [6.45, 7) is 4.89. The van der Waals surface area contributed by atoms with Crippen LogP contribution < -0.4 is 11.1 Å². The number of rotatable bonds is 4. The molecule has 0 radical (unpaired) electrons. The first kappa shape index (κ1) is 13.8. The molecular weight excluding hydrogens is 242 g/mol. The van der Waals surface area contributed by atoms with Crippen molar-refractivity contribution in [2.75, 3.05) is 0 Å². The van der Waals surface area contributed by atoms with Gasteiger partial charge in [-0.2, -0.15) is 0 Å². The maximum Gasteiger partial charge on any atom is 0.170 e. The number of aliphatic hydroxyl groups excluding tert-OH is 1. The minimum Gasteiger partial charge on any atom is -0.409 e. The Balaban J connectivity index is 1.91. The summed E-state index contributed by atoms with van der Waals surface area (Å²) in [4.78, 5) is 0. The van der Waals surface area contributed by atoms with E-state index in [1.165, 1.54) is 0 Å². The molecule has 1 saturated carbocycles. The van der Waals surface area contributed by atoms with Crippen molar-refractivity contribution >= 4 is 5.84 Å². The highest BCUT2D eigenvalue weighted by molar-refractivity contribution is 5.96. The van der Waals surface area contributed by atoms with Crippen LogP contribution in [0.15, 0.2) is 29.4 Å². The molecule has 0 amide bonds. The third kappa shape index (κ3) is 2.72. The van der Waals surface area contributed by atoms with E-state index in [1.54, 1.807) is 0 Å². The Morgan fingerprint density at radius 2 is 2.05 bits per heavy atom. The molecule has 1 aliphatic carbocycles. The summed E-state index contributed by atoms with van der Waals surface area (Å²) in [6.07, 6.45) is 0.586. The molecule has 0 spiro atoms. The van der Waals surface area contributed by atoms with Crippen molar-refractivity contribution in [3.8, 4) is 0 Å². The first-order valence-electron chi connectivity index (χ1n) is 6.43. The summed E-state index contributed by atoms with van der Waals surface area (Å²) in [5, 5.41) is 24.7. The standard InChI is InChI=1S/C14H21N3O2/c1-14(2)11(7-12(14)18)16-8-9-3-5-10(6-4-9)13(15)17-19/h3-6,11-12,16,18-19H,7-8H2,1-2H3,(H2,15,17). The van der Waals surface area contributed by atoms with Gasteiger partial charge in [-0.25, -0.2) is 0 Å². The zero-order chi connectivity index (χ0) is 14.0. The first-order valence-corrected chi connectivity index (χ1v) is 6.43. The first-order chi connectivity index (χ1) is 8.95. The lowest BCUT2D eigenvalue weighted by molar-refractivity contribution is -0.0729. The van der Waals surface area contributed by atoms with Crippen LogP contribution in [-0.4, -0.2) is 28.3 Å². The fourth-order valence-electron chi connectivity index (χ4n) is 2.34. The van der Waals surface area contributed by atoms with Gasteiger partial charge >= 0.3 is 0 Å². The molecule has 19 heavy (non-hydrogen) atoms. The van der Waals surface area contributed by atoms with E-state index in [2.05, 4.69) is 24.3 Å². The Bertz CT molecular complexity index is 468. The second-order valence-corrected chi connectivity index (χ2v) is 5.69. The monoisotopic (exact) mass is 263 g/mol. The van der Waals surface area contributed by atoms with E-state index in [4.69, 9.17) is 10.9 Å². The molecule has 0 aromatic heterocycles. The van der Waals surface area contributed by atoms with Crippen molar-refractivity contribution in [2.45, 2.75) is 39.0 Å². The van der Waals surface area contributed by atoms with Crippen molar-refractivity contribution in [3.63, 3.8) is 0 Å². The van der Waals surface area contributed by atoms with Crippen LogP contribution in [0.5, 0.6) is 0 Å². The zero-order valence-corrected chi connectivity index (χ0v) is 11.3. The average Bonchev–Trinajstić information content (AvgIpc) is 2.43. The third-order valence-electron chi connectivity index (χ3n) is 4.13. The van der Waals surface area contributed by atoms with Crippen molar-refractivity contribution in [1.29, 1.82) is 0 Å². The highest BCUT2D eigenvalue weighted by atomic mass is 16.4. The van der Waals surface area contributed by atoms with E-state index in [-0.39, 0.29) is 17.4 Å². The number of nitrogens with two attached hydrogens (primary N) is 1. The summed E-state index contributed by atoms with van der Waals surface area (Å²) >= 11 is 0. The van der Waals surface area contributed by atoms with Gasteiger partial charge in [0.2, 0.25) is 0 Å². The van der Waals surface area contributed by atoms with E-state index in [1.807, 2.05) is 24.3 Å². The van der Waals surface area contributed by atoms with Gasteiger partial charge in [0, 0.05) is 23.6 Å². The fourth-order valence-corrected chi connectivity index (χ4v) is 2.34. The smallest absolute Gasteiger partial charge is 0.170 e. The average molecular weight is 263 g/mol. The molecule has 2 unspecified atom stereocenters. The lowest BCUT2D eigenvalue weighted by Crippen LogP contribution is -2.59. The molecule has 1 fully saturated rings. The predicted octanol–water partition coefficient (Wildman–Crippen LogP) is 1.03. The van der Waals surface area contributed by atoms with Crippen LogP contribution in [0, 0.1) is 5.41 Å². The topological polar surface area (TPSA) is 90.9 Å². The van der Waals surface area contributed by atoms with Gasteiger partial charge < -0.3 is 21.4 Å². The van der Waals surface area contributed by atoms with Crippen LogP contribution >= 0.6 is 0 Å². The molecule has 1 aliphatic rings. The number of nitrogens with one attached hydrogen (secondary N) is 1. The van der Waals surface area contributed by atoms with E-state index < -0.39 is 0 Å². The molecule has 5 nitrogen and oxygen atoms in total. The highest BCUT2D eigenvalue weighted by Crippen LogP contribution is 2.40. The van der Waals surface area contributed by atoms with Crippen LogP contribution in [0.2, 0.25) is 0 Å². The lowest BCUT2D eigenvalue weighted by Gasteiger charge is -2.49. The summed E-state index contributed by atoms with van der Waals surface area (Å²) in [6, 6.07) is 7.89. The molecule has 0 heterocycles. The highest BCUT2D eigenvalue weighted by Gasteiger charge is 2.46. The van der Waals surface area contributed by atoms with Crippen LogP contribution in [0.1, 0.15) is 31.4 Å². The minimum atomic E-state index is -0.215. The van der Waals surface area contributed by atoms with Crippen molar-refractivity contribution < 1.29 is 10.3 Å². The number of nitrogens with zero attached hydrogens (tertiary/aromatic N) is 1. The summed E-state index contributed by atoms with van der Waals surface area (Å²) in [5.74, 6) is 0.114. The van der Waals surface area contributed by atoms with E-state index >= 15 is 0 Å². The summed E-state index contributed by atoms with van der Waals surface area (Å²) in [5.41, 5.74) is 7.27. The molecule has 0 bridgehead atoms. The van der Waals surface area contributed by atoms with Crippen molar-refractivity contribution in [1.82, 2.24) is 5.32 Å². The zero-order valence-electron chi connectivity index (χ0n) is 11.3. The number of oxime groups is 1. The maximum absolute atomic E-state index is 9.68. The summed E-state index contributed by atoms with van der Waals surface area (Å²) < 4.78 is 0. The molecular formula is C14H21N3O2. The number of amidine groups is 1. The van der Waals surface area contributed by atoms with Crippen LogP contribution in [0.4, 0.5) is 0 Å². The molecule has 5 N–H and O–H groups in total. The Labute approximate surface area is 113 Å². The minimum absolute atomic E-state index is 0.0616. The second-order valence-electron chi connectivity index (χ2n) is 5.69. The lowest BCUT2D eigenvalue weighted by atomic mass is 9.64. The SMILES string of the molecule is CC1(C)C(O)CC1NCc1ccc(/C(N)=N/O)cc1. The van der Waals surface area contributed by atoms with E-state index in [0.717, 1.165) is 18.5 Å². The van der Waals surface area contributed by atoms with Gasteiger partial charge in [-0.05, 0) is 12.0 Å². The molecule has 5 heteroatoms. The quantitative estimate of drug-likeness (QED) is 0.283. The van der Waals surface area contributed by atoms with Gasteiger partial charge in [-0.15, -0.1) is 0 Å². The Kier molecular flexibility index (Phi) is 3.78. The van der Waals surface area contributed by atoms with Crippen molar-refractivity contribution in [3.05, 3.63) is 35.4 Å². The van der Waals surface area contributed by atoms with Gasteiger partial charge in [-0.3, -0.25) is 0 Å². The molecule has 1 aromatic rings. The van der Waals surface area contributed by atoms with E-state index in [9.17, 15) is 5.11 Å². The predicted molar refractivity (Wildman–Crippen MR) is 74.0 cm³/mol. The van der Waals surface area contributed by atoms with Gasteiger partial charge in [0.1, 0.15) is 0 Å². The Morgan fingerprint density at radius 1 is 1.42 bits per heavy atom. The van der Waals surface area contributed by atoms with Gasteiger partial charge in [-0.1, -0.05) is 43.3 Å². The molecule has 2 atom stereocenters. The molecule has 0 aliphatic heterocycles. The number of hydrogen-bond acceptors (Lipinski definition) is 4. The van der Waals surface area contributed by atoms with E-state index in [0.29, 0.717) is 11.6 Å². The molecule has 1 aromatic carbocycles. The van der Waals surface area contributed by atoms with Crippen LogP contribution in [-0.2, 0) is 6.54 Å². The third-order valence-corrected chi connectivity index (χ3v) is 4.13. The van der Waals surface area contributed by atoms with Crippen LogP contribution in [0.25, 0.3) is 0 Å². The van der Waals surface area contributed by atoms with Crippen molar-refractivity contribution in [2.24, 2.45) is 16.3 Å². The fraction of sp³-hybridized carbons (Fsp3) is 0.500. The maximum atomic E-state index is 9.68. The Morgan fingerprint density at radius 3 is 2.53 bits per heavy atom.